The average Bonchev–Trinajstić information content (AvgIpc) is 3.16. The van der Waals surface area contributed by atoms with E-state index in [1.54, 1.807) is 4.90 Å². The summed E-state index contributed by atoms with van der Waals surface area (Å²) in [5.74, 6) is 0.511. The summed E-state index contributed by atoms with van der Waals surface area (Å²) in [5.41, 5.74) is 3.89. The summed E-state index contributed by atoms with van der Waals surface area (Å²) in [6, 6.07) is 7.14. The molecule has 2 amide bonds. The maximum absolute atomic E-state index is 13.1. The van der Waals surface area contributed by atoms with Gasteiger partial charge in [0.2, 0.25) is 5.91 Å². The van der Waals surface area contributed by atoms with Crippen LogP contribution < -0.4 is 10.6 Å². The van der Waals surface area contributed by atoms with Gasteiger partial charge in [0, 0.05) is 29.9 Å². The van der Waals surface area contributed by atoms with Crippen LogP contribution in [0.1, 0.15) is 99.5 Å². The molecule has 2 saturated carbocycles. The number of nitrogens with one attached hydrogen (secondary N) is 2. The highest BCUT2D eigenvalue weighted by Gasteiger charge is 2.38. The molecule has 0 aromatic heterocycles. The Labute approximate surface area is 216 Å². The van der Waals surface area contributed by atoms with E-state index in [4.69, 9.17) is 4.74 Å². The molecule has 2 N–H and O–H groups in total. The predicted octanol–water partition coefficient (Wildman–Crippen LogP) is 4.86. The van der Waals surface area contributed by atoms with Crippen LogP contribution in [0.15, 0.2) is 30.5 Å². The fourth-order valence-corrected chi connectivity index (χ4v) is 6.86. The largest absolute Gasteiger partial charge is 0.376 e. The van der Waals surface area contributed by atoms with E-state index >= 15 is 0 Å². The first kappa shape index (κ1) is 25.5. The Balaban J connectivity index is 1.20. The van der Waals surface area contributed by atoms with Crippen LogP contribution in [0.4, 0.5) is 0 Å². The van der Waals surface area contributed by atoms with E-state index < -0.39 is 6.04 Å². The average molecular weight is 494 g/mol. The lowest BCUT2D eigenvalue weighted by Gasteiger charge is -2.38. The van der Waals surface area contributed by atoms with Crippen LogP contribution in [0.25, 0.3) is 0 Å². The minimum absolute atomic E-state index is 0.0153. The molecular formula is C30H43N3O3. The Morgan fingerprint density at radius 2 is 1.86 bits per heavy atom. The van der Waals surface area contributed by atoms with E-state index in [9.17, 15) is 9.59 Å². The van der Waals surface area contributed by atoms with Crippen molar-refractivity contribution in [3.05, 3.63) is 47.2 Å². The highest BCUT2D eigenvalue weighted by molar-refractivity contribution is 6.01. The van der Waals surface area contributed by atoms with Crippen molar-refractivity contribution in [2.24, 2.45) is 5.92 Å². The molecule has 1 aromatic carbocycles. The highest BCUT2D eigenvalue weighted by Crippen LogP contribution is 2.33. The summed E-state index contributed by atoms with van der Waals surface area (Å²) >= 11 is 0. The number of piperidine rings is 1. The molecule has 2 aliphatic carbocycles. The van der Waals surface area contributed by atoms with E-state index in [0.29, 0.717) is 43.2 Å². The molecular weight excluding hydrogens is 450 g/mol. The first-order chi connectivity index (χ1) is 17.4. The molecule has 2 heterocycles. The van der Waals surface area contributed by atoms with Crippen molar-refractivity contribution < 1.29 is 14.3 Å². The van der Waals surface area contributed by atoms with Crippen molar-refractivity contribution in [3.63, 3.8) is 0 Å². The van der Waals surface area contributed by atoms with Gasteiger partial charge in [0.05, 0.1) is 12.2 Å². The normalized spacial score (nSPS) is 31.0. The van der Waals surface area contributed by atoms with Gasteiger partial charge in [-0.1, -0.05) is 31.6 Å². The van der Waals surface area contributed by atoms with Crippen LogP contribution >= 0.6 is 0 Å². The van der Waals surface area contributed by atoms with Crippen molar-refractivity contribution in [1.82, 2.24) is 15.5 Å². The van der Waals surface area contributed by atoms with Crippen LogP contribution in [-0.4, -0.2) is 47.0 Å². The summed E-state index contributed by atoms with van der Waals surface area (Å²) in [4.78, 5) is 27.3. The van der Waals surface area contributed by atoms with E-state index in [-0.39, 0.29) is 11.8 Å². The van der Waals surface area contributed by atoms with Crippen molar-refractivity contribution in [2.45, 2.75) is 121 Å². The third-order valence-corrected chi connectivity index (χ3v) is 8.70. The van der Waals surface area contributed by atoms with Crippen LogP contribution in [0.5, 0.6) is 0 Å². The molecule has 6 nitrogen and oxygen atoms in total. The lowest BCUT2D eigenvalue weighted by atomic mass is 9.79. The van der Waals surface area contributed by atoms with Gasteiger partial charge in [0.1, 0.15) is 6.04 Å². The van der Waals surface area contributed by atoms with Crippen molar-refractivity contribution in [3.8, 4) is 0 Å². The molecule has 3 atom stereocenters. The quantitative estimate of drug-likeness (QED) is 0.569. The molecule has 196 valence electrons. The lowest BCUT2D eigenvalue weighted by Crippen LogP contribution is -2.49. The van der Waals surface area contributed by atoms with Gasteiger partial charge in [0.25, 0.3) is 5.91 Å². The molecule has 2 aliphatic heterocycles. The van der Waals surface area contributed by atoms with Crippen LogP contribution in [0.3, 0.4) is 0 Å². The lowest BCUT2D eigenvalue weighted by molar-refractivity contribution is -0.126. The molecule has 1 unspecified atom stereocenters. The molecule has 1 aromatic rings. The van der Waals surface area contributed by atoms with Gasteiger partial charge in [-0.15, -0.1) is 0 Å². The zero-order valence-corrected chi connectivity index (χ0v) is 22.1. The summed E-state index contributed by atoms with van der Waals surface area (Å²) < 4.78 is 6.05. The summed E-state index contributed by atoms with van der Waals surface area (Å²) in [6.07, 6.45) is 13.0. The van der Waals surface area contributed by atoms with Crippen LogP contribution in [0, 0.1) is 5.92 Å². The molecule has 4 aliphatic rings. The number of amides is 2. The monoisotopic (exact) mass is 493 g/mol. The van der Waals surface area contributed by atoms with Gasteiger partial charge < -0.3 is 20.3 Å². The second-order valence-corrected chi connectivity index (χ2v) is 11.8. The molecule has 36 heavy (non-hydrogen) atoms. The smallest absolute Gasteiger partial charge is 0.255 e. The predicted molar refractivity (Wildman–Crippen MR) is 141 cm³/mol. The Bertz CT molecular complexity index is 982. The second-order valence-electron chi connectivity index (χ2n) is 11.8. The van der Waals surface area contributed by atoms with E-state index in [1.807, 2.05) is 6.07 Å². The number of carbonyl (C=O) groups excluding carboxylic acids is 2. The molecule has 6 heteroatoms. The number of fused-ring (bicyclic) bond motifs is 1. The van der Waals surface area contributed by atoms with Crippen LogP contribution in [-0.2, 0) is 22.5 Å². The summed E-state index contributed by atoms with van der Waals surface area (Å²) in [5, 5.41) is 6.88. The number of allylic oxidation sites excluding steroid dienone is 1. The Morgan fingerprint density at radius 1 is 1.08 bits per heavy atom. The van der Waals surface area contributed by atoms with Gasteiger partial charge in [-0.2, -0.15) is 0 Å². The number of carbonyl (C=O) groups is 2. The van der Waals surface area contributed by atoms with E-state index in [1.165, 1.54) is 44.1 Å². The molecule has 1 saturated heterocycles. The van der Waals surface area contributed by atoms with Crippen LogP contribution in [0.2, 0.25) is 0 Å². The van der Waals surface area contributed by atoms with Crippen molar-refractivity contribution in [2.75, 3.05) is 0 Å². The van der Waals surface area contributed by atoms with Gasteiger partial charge in [0.15, 0.2) is 0 Å². The maximum Gasteiger partial charge on any atom is 0.255 e. The van der Waals surface area contributed by atoms with E-state index in [0.717, 1.165) is 42.5 Å². The standard InChI is InChI=1S/C30H43N3O3/c1-19(2)36-25-12-10-24(11-13-25)32-27-7-5-4-6-22(27)16-21-9-14-26-23(17-21)18-33(30(26)35)28-15-8-20(3)31-29(28)34/h9,14,17,19,22,24-25,27-28,32H,3-8,10-13,15-16,18H2,1-2H3,(H,31,34)/t22-,24?,25?,27+,28?/m1/s1. The molecule has 3 fully saturated rings. The minimum atomic E-state index is -0.396. The third-order valence-electron chi connectivity index (χ3n) is 8.70. The third kappa shape index (κ3) is 5.70. The number of nitrogens with zero attached hydrogens (tertiary/aromatic N) is 1. The first-order valence-electron chi connectivity index (χ1n) is 14.2. The molecule has 5 rings (SSSR count). The van der Waals surface area contributed by atoms with Gasteiger partial charge in [-0.25, -0.2) is 0 Å². The molecule has 0 spiro atoms. The second kappa shape index (κ2) is 11.1. The number of hydrogen-bond donors (Lipinski definition) is 2. The SMILES string of the molecule is C=C1CCC(N2Cc3cc(C[C@H]4CCCC[C@@H]4NC4CCC(OC(C)C)CC4)ccc3C2=O)C(=O)N1. The summed E-state index contributed by atoms with van der Waals surface area (Å²) in [6.45, 7) is 8.65. The zero-order chi connectivity index (χ0) is 25.2. The Morgan fingerprint density at radius 3 is 2.61 bits per heavy atom. The van der Waals surface area contributed by atoms with Gasteiger partial charge in [-0.3, -0.25) is 9.59 Å². The Kier molecular flexibility index (Phi) is 7.82. The fraction of sp³-hybridized carbons (Fsp3) is 0.667. The van der Waals surface area contributed by atoms with Crippen molar-refractivity contribution >= 4 is 11.8 Å². The van der Waals surface area contributed by atoms with E-state index in [2.05, 4.69) is 43.2 Å². The number of benzene rings is 1. The molecule has 0 radical (unpaired) electrons. The van der Waals surface area contributed by atoms with Gasteiger partial charge >= 0.3 is 0 Å². The maximum atomic E-state index is 13.1. The number of ether oxygens (including phenoxy) is 1. The highest BCUT2D eigenvalue weighted by atomic mass is 16.5. The summed E-state index contributed by atoms with van der Waals surface area (Å²) in [7, 11) is 0. The topological polar surface area (TPSA) is 70.7 Å². The fourth-order valence-electron chi connectivity index (χ4n) is 6.86. The zero-order valence-electron chi connectivity index (χ0n) is 22.1. The Hall–Kier alpha value is -2.18. The minimum Gasteiger partial charge on any atom is -0.376 e. The number of rotatable bonds is 7. The molecule has 0 bridgehead atoms. The van der Waals surface area contributed by atoms with Crippen molar-refractivity contribution in [1.29, 1.82) is 0 Å². The van der Waals surface area contributed by atoms with Gasteiger partial charge in [-0.05, 0) is 94.7 Å². The number of hydrogen-bond acceptors (Lipinski definition) is 4. The first-order valence-corrected chi connectivity index (χ1v) is 14.2.